The van der Waals surface area contributed by atoms with Crippen molar-refractivity contribution in [2.45, 2.75) is 13.8 Å². The Balaban J connectivity index is 1.92. The van der Waals surface area contributed by atoms with Crippen LogP contribution in [0.15, 0.2) is 114 Å². The van der Waals surface area contributed by atoms with E-state index in [1.165, 1.54) is 0 Å². The first-order valence-corrected chi connectivity index (χ1v) is 12.5. The molecule has 0 saturated heterocycles. The molecule has 0 unspecified atom stereocenters. The zero-order chi connectivity index (χ0) is 23.3. The van der Waals surface area contributed by atoms with Gasteiger partial charge in [0.25, 0.3) is 11.8 Å². The van der Waals surface area contributed by atoms with Gasteiger partial charge in [-0.3, -0.25) is 9.59 Å². The summed E-state index contributed by atoms with van der Waals surface area (Å²) >= 11 is 0. The molecule has 33 heavy (non-hydrogen) atoms. The van der Waals surface area contributed by atoms with Crippen LogP contribution in [0.25, 0.3) is 0 Å². The maximum Gasteiger partial charge on any atom is 0.277 e. The van der Waals surface area contributed by atoms with Gasteiger partial charge >= 0.3 is 0 Å². The quantitative estimate of drug-likeness (QED) is 0.399. The van der Waals surface area contributed by atoms with Gasteiger partial charge in [0.2, 0.25) is 0 Å². The van der Waals surface area contributed by atoms with Crippen molar-refractivity contribution in [2.24, 2.45) is 4.74 Å². The smallest absolute Gasteiger partial charge is 0.277 e. The van der Waals surface area contributed by atoms with Crippen molar-refractivity contribution < 1.29 is 9.59 Å². The van der Waals surface area contributed by atoms with Crippen LogP contribution in [-0.2, 0) is 0 Å². The molecular weight excluding hydrogens is 427 g/mol. The number of benzene rings is 4. The molecule has 0 aliphatic rings. The molecule has 0 fully saturated rings. The van der Waals surface area contributed by atoms with Crippen molar-refractivity contribution in [1.82, 2.24) is 5.09 Å². The molecule has 5 heteroatoms. The Labute approximate surface area is 194 Å². The molecule has 0 aliphatic heterocycles. The highest BCUT2D eigenvalue weighted by Gasteiger charge is 2.29. The minimum absolute atomic E-state index is 0.267. The molecule has 4 aromatic carbocycles. The van der Waals surface area contributed by atoms with E-state index in [2.05, 4.69) is 5.09 Å². The van der Waals surface area contributed by atoms with Gasteiger partial charge in [0, 0.05) is 21.7 Å². The minimum atomic E-state index is -2.99. The summed E-state index contributed by atoms with van der Waals surface area (Å²) in [5.41, 5.74) is 3.14. The zero-order valence-electron chi connectivity index (χ0n) is 18.6. The fourth-order valence-corrected chi connectivity index (χ4v) is 6.37. The number of carbonyl (C=O) groups excluding carboxylic acids is 2. The minimum Gasteiger partial charge on any atom is -0.311 e. The van der Waals surface area contributed by atoms with Gasteiger partial charge in [-0.15, -0.1) is 0 Å². The number of nitrogens with one attached hydrogen (secondary N) is 1. The van der Waals surface area contributed by atoms with E-state index in [0.29, 0.717) is 11.1 Å². The van der Waals surface area contributed by atoms with Crippen LogP contribution >= 0.6 is 7.21 Å². The lowest BCUT2D eigenvalue weighted by Gasteiger charge is -2.26. The summed E-state index contributed by atoms with van der Waals surface area (Å²) in [6.07, 6.45) is 0. The lowest BCUT2D eigenvalue weighted by Crippen LogP contribution is -2.33. The van der Waals surface area contributed by atoms with Crippen molar-refractivity contribution in [1.29, 1.82) is 0 Å². The molecule has 4 nitrogen and oxygen atoms in total. The molecule has 2 amide bonds. The first-order chi connectivity index (χ1) is 16.0. The van der Waals surface area contributed by atoms with Crippen LogP contribution in [0.4, 0.5) is 0 Å². The SMILES string of the molecule is Cc1ccc(C(=O)N=P(NC(=O)c2ccc(C)cc2)(c2ccccc2)c2ccccc2)cc1. The summed E-state index contributed by atoms with van der Waals surface area (Å²) in [7, 11) is -2.99. The molecular formula is C28H25N2O2P. The van der Waals surface area contributed by atoms with E-state index in [1.54, 1.807) is 24.3 Å². The summed E-state index contributed by atoms with van der Waals surface area (Å²) in [6.45, 7) is 3.95. The van der Waals surface area contributed by atoms with Gasteiger partial charge in [-0.1, -0.05) is 96.1 Å². The molecule has 0 saturated carbocycles. The van der Waals surface area contributed by atoms with E-state index in [9.17, 15) is 9.59 Å². The molecule has 0 aliphatic carbocycles. The standard InChI is InChI=1S/C28H25N2O2P/c1-21-13-17-23(18-14-21)27(31)29-33(25-9-5-3-6-10-25,26-11-7-4-8-12-26)30-28(32)24-19-15-22(2)16-20-24/h3-20H,1-2H3,(H,29,31). The number of hydrogen-bond donors (Lipinski definition) is 1. The largest absolute Gasteiger partial charge is 0.311 e. The first-order valence-electron chi connectivity index (χ1n) is 10.7. The molecule has 0 aromatic heterocycles. The van der Waals surface area contributed by atoms with Crippen LogP contribution in [-0.4, -0.2) is 11.8 Å². The van der Waals surface area contributed by atoms with Gasteiger partial charge in [0.15, 0.2) is 0 Å². The molecule has 164 valence electrons. The molecule has 1 N–H and O–H groups in total. The number of carbonyl (C=O) groups is 2. The summed E-state index contributed by atoms with van der Waals surface area (Å²) < 4.78 is 4.77. The van der Waals surface area contributed by atoms with Crippen molar-refractivity contribution >= 4 is 29.6 Å². The second-order valence-electron chi connectivity index (χ2n) is 7.88. The van der Waals surface area contributed by atoms with Gasteiger partial charge in [-0.05, 0) is 38.1 Å². The Morgan fingerprint density at radius 1 is 0.606 bits per heavy atom. The lowest BCUT2D eigenvalue weighted by molar-refractivity contribution is 0.0982. The number of amides is 2. The number of rotatable bonds is 5. The molecule has 0 heterocycles. The van der Waals surface area contributed by atoms with Crippen molar-refractivity contribution in [3.05, 3.63) is 131 Å². The normalized spacial score (nSPS) is 11.0. The van der Waals surface area contributed by atoms with E-state index < -0.39 is 7.21 Å². The number of nitrogens with zero attached hydrogens (tertiary/aromatic N) is 1. The number of aryl methyl sites for hydroxylation is 2. The predicted molar refractivity (Wildman–Crippen MR) is 136 cm³/mol. The summed E-state index contributed by atoms with van der Waals surface area (Å²) in [4.78, 5) is 26.8. The Morgan fingerprint density at radius 2 is 1.03 bits per heavy atom. The van der Waals surface area contributed by atoms with Crippen LogP contribution in [0, 0.1) is 13.8 Å². The van der Waals surface area contributed by atoms with Crippen LogP contribution in [0.3, 0.4) is 0 Å². The van der Waals surface area contributed by atoms with Crippen LogP contribution in [0.1, 0.15) is 31.8 Å². The molecule has 4 rings (SSSR count). The van der Waals surface area contributed by atoms with E-state index in [-0.39, 0.29) is 11.8 Å². The molecule has 0 radical (unpaired) electrons. The average molecular weight is 452 g/mol. The highest BCUT2D eigenvalue weighted by Crippen LogP contribution is 2.44. The maximum atomic E-state index is 13.4. The van der Waals surface area contributed by atoms with Gasteiger partial charge in [-0.2, -0.15) is 4.74 Å². The molecule has 0 atom stereocenters. The maximum absolute atomic E-state index is 13.4. The van der Waals surface area contributed by atoms with Gasteiger partial charge < -0.3 is 5.09 Å². The molecule has 4 aromatic rings. The Kier molecular flexibility index (Phi) is 6.67. The highest BCUT2D eigenvalue weighted by atomic mass is 31.2. The van der Waals surface area contributed by atoms with E-state index >= 15 is 0 Å². The van der Waals surface area contributed by atoms with E-state index in [4.69, 9.17) is 4.74 Å². The van der Waals surface area contributed by atoms with Crippen molar-refractivity contribution in [3.63, 3.8) is 0 Å². The second kappa shape index (κ2) is 9.81. The molecule has 0 bridgehead atoms. The fourth-order valence-electron chi connectivity index (χ4n) is 3.51. The third-order valence-corrected chi connectivity index (χ3v) is 8.48. The fraction of sp³-hybridized carbons (Fsp3) is 0.0714. The Bertz CT molecular complexity index is 1270. The van der Waals surface area contributed by atoms with Crippen LogP contribution in [0.2, 0.25) is 0 Å². The number of hydrogen-bond acceptors (Lipinski definition) is 2. The highest BCUT2D eigenvalue weighted by molar-refractivity contribution is 7.80. The first kappa shape index (κ1) is 22.4. The Hall–Kier alpha value is -3.75. The van der Waals surface area contributed by atoms with E-state index in [1.807, 2.05) is 98.8 Å². The van der Waals surface area contributed by atoms with Crippen LogP contribution in [0.5, 0.6) is 0 Å². The Morgan fingerprint density at radius 3 is 1.48 bits per heavy atom. The third-order valence-electron chi connectivity index (χ3n) is 5.38. The monoisotopic (exact) mass is 452 g/mol. The predicted octanol–water partition coefficient (Wildman–Crippen LogP) is 5.64. The average Bonchev–Trinajstić information content (AvgIpc) is 2.85. The summed E-state index contributed by atoms with van der Waals surface area (Å²) in [5.74, 6) is -0.628. The summed E-state index contributed by atoms with van der Waals surface area (Å²) in [5, 5.41) is 4.80. The van der Waals surface area contributed by atoms with Crippen LogP contribution < -0.4 is 15.7 Å². The van der Waals surface area contributed by atoms with Gasteiger partial charge in [0.1, 0.15) is 7.21 Å². The molecule has 0 spiro atoms. The van der Waals surface area contributed by atoms with Crippen molar-refractivity contribution in [3.8, 4) is 0 Å². The van der Waals surface area contributed by atoms with E-state index in [0.717, 1.165) is 21.7 Å². The lowest BCUT2D eigenvalue weighted by atomic mass is 10.1. The topological polar surface area (TPSA) is 58.5 Å². The summed E-state index contributed by atoms with van der Waals surface area (Å²) in [6, 6.07) is 33.8. The second-order valence-corrected chi connectivity index (χ2v) is 10.6. The third kappa shape index (κ3) is 5.02. The van der Waals surface area contributed by atoms with Gasteiger partial charge in [0.05, 0.1) is 0 Å². The zero-order valence-corrected chi connectivity index (χ0v) is 19.5. The van der Waals surface area contributed by atoms with Gasteiger partial charge in [-0.25, -0.2) is 0 Å². The van der Waals surface area contributed by atoms with Crippen molar-refractivity contribution in [2.75, 3.05) is 0 Å².